The number of nitrogens with zero attached hydrogens (tertiary/aromatic N) is 1. The third-order valence-electron chi connectivity index (χ3n) is 3.00. The van der Waals surface area contributed by atoms with Gasteiger partial charge in [-0.3, -0.25) is 4.98 Å². The SMILES string of the molecule is Nc1c(Nc2cc(F)cc(F)c2)ccc2cnccc12. The minimum absolute atomic E-state index is 0.308. The molecular weight excluding hydrogens is 260 g/mol. The maximum absolute atomic E-state index is 13.2. The highest BCUT2D eigenvalue weighted by Crippen LogP contribution is 2.30. The highest BCUT2D eigenvalue weighted by atomic mass is 19.1. The highest BCUT2D eigenvalue weighted by molar-refractivity contribution is 5.99. The number of hydrogen-bond acceptors (Lipinski definition) is 3. The van der Waals surface area contributed by atoms with Gasteiger partial charge in [0.2, 0.25) is 0 Å². The van der Waals surface area contributed by atoms with E-state index in [-0.39, 0.29) is 0 Å². The van der Waals surface area contributed by atoms with Crippen molar-refractivity contribution in [1.82, 2.24) is 4.98 Å². The van der Waals surface area contributed by atoms with Crippen molar-refractivity contribution in [2.45, 2.75) is 0 Å². The first-order valence-electron chi connectivity index (χ1n) is 5.99. The lowest BCUT2D eigenvalue weighted by Gasteiger charge is -2.11. The molecule has 0 saturated heterocycles. The number of rotatable bonds is 2. The molecule has 20 heavy (non-hydrogen) atoms. The number of nitrogens with two attached hydrogens (primary N) is 1. The number of aromatic nitrogens is 1. The second-order valence-corrected chi connectivity index (χ2v) is 4.41. The van der Waals surface area contributed by atoms with Crippen LogP contribution < -0.4 is 11.1 Å². The van der Waals surface area contributed by atoms with E-state index in [4.69, 9.17) is 5.73 Å². The molecule has 0 bridgehead atoms. The molecule has 3 aromatic rings. The van der Waals surface area contributed by atoms with Crippen molar-refractivity contribution in [1.29, 1.82) is 0 Å². The fourth-order valence-electron chi connectivity index (χ4n) is 2.08. The summed E-state index contributed by atoms with van der Waals surface area (Å²) in [6.45, 7) is 0. The molecule has 0 unspecified atom stereocenters. The van der Waals surface area contributed by atoms with Crippen LogP contribution in [0.3, 0.4) is 0 Å². The number of nitrogens with one attached hydrogen (secondary N) is 1. The van der Waals surface area contributed by atoms with E-state index < -0.39 is 11.6 Å². The zero-order valence-corrected chi connectivity index (χ0v) is 10.4. The largest absolute Gasteiger partial charge is 0.397 e. The predicted molar refractivity (Wildman–Crippen MR) is 75.8 cm³/mol. The summed E-state index contributed by atoms with van der Waals surface area (Å²) in [7, 11) is 0. The Labute approximate surface area is 114 Å². The van der Waals surface area contributed by atoms with Crippen LogP contribution >= 0.6 is 0 Å². The summed E-state index contributed by atoms with van der Waals surface area (Å²) >= 11 is 0. The van der Waals surface area contributed by atoms with Crippen LogP contribution in [0, 0.1) is 11.6 Å². The van der Waals surface area contributed by atoms with Gasteiger partial charge in [0.05, 0.1) is 11.4 Å². The van der Waals surface area contributed by atoms with Gasteiger partial charge in [0.15, 0.2) is 0 Å². The van der Waals surface area contributed by atoms with Crippen LogP contribution in [-0.2, 0) is 0 Å². The molecule has 0 aliphatic carbocycles. The van der Waals surface area contributed by atoms with Crippen LogP contribution in [0.5, 0.6) is 0 Å². The Balaban J connectivity index is 2.04. The first-order valence-corrected chi connectivity index (χ1v) is 5.99. The molecule has 100 valence electrons. The maximum Gasteiger partial charge on any atom is 0.128 e. The van der Waals surface area contributed by atoms with Gasteiger partial charge >= 0.3 is 0 Å². The van der Waals surface area contributed by atoms with E-state index in [1.807, 2.05) is 6.07 Å². The Morgan fingerprint density at radius 3 is 2.50 bits per heavy atom. The molecule has 0 amide bonds. The number of halogens is 2. The quantitative estimate of drug-likeness (QED) is 0.696. The van der Waals surface area contributed by atoms with Crippen LogP contribution in [0.1, 0.15) is 0 Å². The first kappa shape index (κ1) is 12.3. The number of anilines is 3. The van der Waals surface area contributed by atoms with E-state index in [9.17, 15) is 8.78 Å². The summed E-state index contributed by atoms with van der Waals surface area (Å²) in [5.41, 5.74) is 7.47. The lowest BCUT2D eigenvalue weighted by atomic mass is 10.1. The lowest BCUT2D eigenvalue weighted by Crippen LogP contribution is -1.98. The number of nitrogen functional groups attached to an aromatic ring is 1. The topological polar surface area (TPSA) is 50.9 Å². The van der Waals surface area contributed by atoms with Gasteiger partial charge in [0.1, 0.15) is 11.6 Å². The van der Waals surface area contributed by atoms with E-state index in [1.54, 1.807) is 24.5 Å². The second kappa shape index (κ2) is 4.77. The van der Waals surface area contributed by atoms with Crippen molar-refractivity contribution in [2.75, 3.05) is 11.1 Å². The Hall–Kier alpha value is -2.69. The minimum atomic E-state index is -0.643. The molecule has 0 radical (unpaired) electrons. The normalized spacial score (nSPS) is 10.7. The molecule has 5 heteroatoms. The average Bonchev–Trinajstić information content (AvgIpc) is 2.41. The number of benzene rings is 2. The van der Waals surface area contributed by atoms with Crippen LogP contribution in [0.4, 0.5) is 25.8 Å². The summed E-state index contributed by atoms with van der Waals surface area (Å²) in [5, 5.41) is 4.66. The molecule has 3 rings (SSSR count). The maximum atomic E-state index is 13.2. The van der Waals surface area contributed by atoms with Gasteiger partial charge in [-0.2, -0.15) is 0 Å². The number of fused-ring (bicyclic) bond motifs is 1. The molecule has 1 aromatic heterocycles. The summed E-state index contributed by atoms with van der Waals surface area (Å²) < 4.78 is 26.3. The predicted octanol–water partition coefficient (Wildman–Crippen LogP) is 3.84. The summed E-state index contributed by atoms with van der Waals surface area (Å²) in [6.07, 6.45) is 3.35. The van der Waals surface area contributed by atoms with Gasteiger partial charge in [0, 0.05) is 34.9 Å². The standard InChI is InChI=1S/C15H11F2N3/c16-10-5-11(17)7-12(6-10)20-14-2-1-9-8-19-4-3-13(9)15(14)18/h1-8,20H,18H2. The zero-order valence-electron chi connectivity index (χ0n) is 10.4. The molecule has 2 aromatic carbocycles. The number of pyridine rings is 1. The Kier molecular flexibility index (Phi) is 2.95. The van der Waals surface area contributed by atoms with Gasteiger partial charge in [-0.25, -0.2) is 8.78 Å². The van der Waals surface area contributed by atoms with Crippen molar-refractivity contribution in [3.8, 4) is 0 Å². The fraction of sp³-hybridized carbons (Fsp3) is 0. The minimum Gasteiger partial charge on any atom is -0.397 e. The molecule has 0 aliphatic heterocycles. The van der Waals surface area contributed by atoms with Gasteiger partial charge in [0.25, 0.3) is 0 Å². The van der Waals surface area contributed by atoms with E-state index in [0.29, 0.717) is 17.1 Å². The summed E-state index contributed by atoms with van der Waals surface area (Å²) in [5.74, 6) is -1.29. The van der Waals surface area contributed by atoms with E-state index in [2.05, 4.69) is 10.3 Å². The lowest BCUT2D eigenvalue weighted by molar-refractivity contribution is 0.584. The second-order valence-electron chi connectivity index (χ2n) is 4.41. The third-order valence-corrected chi connectivity index (χ3v) is 3.00. The van der Waals surface area contributed by atoms with Crippen LogP contribution in [0.2, 0.25) is 0 Å². The Morgan fingerprint density at radius 2 is 1.75 bits per heavy atom. The average molecular weight is 271 g/mol. The molecule has 0 fully saturated rings. The smallest absolute Gasteiger partial charge is 0.128 e. The highest BCUT2D eigenvalue weighted by Gasteiger charge is 2.06. The van der Waals surface area contributed by atoms with Gasteiger partial charge < -0.3 is 11.1 Å². The Morgan fingerprint density at radius 1 is 1.00 bits per heavy atom. The fourth-order valence-corrected chi connectivity index (χ4v) is 2.08. The third kappa shape index (κ3) is 2.25. The van der Waals surface area contributed by atoms with Crippen LogP contribution in [0.15, 0.2) is 48.8 Å². The molecule has 3 nitrogen and oxygen atoms in total. The van der Waals surface area contributed by atoms with Crippen LogP contribution in [-0.4, -0.2) is 4.98 Å². The van der Waals surface area contributed by atoms with E-state index in [0.717, 1.165) is 16.8 Å². The zero-order chi connectivity index (χ0) is 14.1. The number of hydrogen-bond donors (Lipinski definition) is 2. The van der Waals surface area contributed by atoms with Crippen molar-refractivity contribution in [3.05, 3.63) is 60.4 Å². The van der Waals surface area contributed by atoms with E-state index in [1.165, 1.54) is 12.1 Å². The van der Waals surface area contributed by atoms with Gasteiger partial charge in [-0.05, 0) is 24.3 Å². The molecule has 1 heterocycles. The molecular formula is C15H11F2N3. The Bertz CT molecular complexity index is 767. The summed E-state index contributed by atoms with van der Waals surface area (Å²) in [6, 6.07) is 8.62. The molecule has 0 spiro atoms. The first-order chi connectivity index (χ1) is 9.63. The van der Waals surface area contributed by atoms with Crippen molar-refractivity contribution in [3.63, 3.8) is 0 Å². The summed E-state index contributed by atoms with van der Waals surface area (Å²) in [4.78, 5) is 4.02. The van der Waals surface area contributed by atoms with Gasteiger partial charge in [-0.15, -0.1) is 0 Å². The van der Waals surface area contributed by atoms with Crippen molar-refractivity contribution in [2.24, 2.45) is 0 Å². The molecule has 0 saturated carbocycles. The molecule has 0 atom stereocenters. The monoisotopic (exact) mass is 271 g/mol. The molecule has 3 N–H and O–H groups in total. The van der Waals surface area contributed by atoms with Crippen molar-refractivity contribution < 1.29 is 8.78 Å². The van der Waals surface area contributed by atoms with Gasteiger partial charge in [-0.1, -0.05) is 6.07 Å². The van der Waals surface area contributed by atoms with E-state index >= 15 is 0 Å². The van der Waals surface area contributed by atoms with Crippen LogP contribution in [0.25, 0.3) is 10.8 Å². The van der Waals surface area contributed by atoms with Crippen molar-refractivity contribution >= 4 is 27.8 Å². The molecule has 0 aliphatic rings.